The van der Waals surface area contributed by atoms with Crippen LogP contribution in [0.2, 0.25) is 0 Å². The first-order valence-corrected chi connectivity index (χ1v) is 9.03. The summed E-state index contributed by atoms with van der Waals surface area (Å²) in [6.45, 7) is 10.4. The van der Waals surface area contributed by atoms with Gasteiger partial charge in [0.1, 0.15) is 5.75 Å². The van der Waals surface area contributed by atoms with Crippen LogP contribution >= 0.6 is 0 Å². The van der Waals surface area contributed by atoms with E-state index in [0.29, 0.717) is 37.5 Å². The van der Waals surface area contributed by atoms with Gasteiger partial charge in [-0.05, 0) is 30.5 Å². The normalized spacial score (nSPS) is 15.7. The van der Waals surface area contributed by atoms with Crippen LogP contribution in [0.25, 0.3) is 0 Å². The van der Waals surface area contributed by atoms with E-state index in [0.717, 1.165) is 18.4 Å². The van der Waals surface area contributed by atoms with Crippen molar-refractivity contribution < 1.29 is 14.3 Å². The zero-order valence-electron chi connectivity index (χ0n) is 16.1. The molecule has 2 amide bonds. The van der Waals surface area contributed by atoms with Crippen LogP contribution in [0.15, 0.2) is 18.2 Å². The Bertz CT molecular complexity index is 634. The number of methoxy groups -OCH3 is 1. The summed E-state index contributed by atoms with van der Waals surface area (Å²) in [4.78, 5) is 29.2. The van der Waals surface area contributed by atoms with Crippen LogP contribution in [0.4, 0.5) is 0 Å². The van der Waals surface area contributed by atoms with E-state index in [1.54, 1.807) is 7.11 Å². The molecule has 0 aromatic heterocycles. The molecular formula is C20H30N2O3. The van der Waals surface area contributed by atoms with Gasteiger partial charge in [0.25, 0.3) is 5.91 Å². The molecule has 0 N–H and O–H groups in total. The fourth-order valence-electron chi connectivity index (χ4n) is 3.11. The Labute approximate surface area is 150 Å². The number of nitrogens with zero attached hydrogens (tertiary/aromatic N) is 2. The third-order valence-corrected chi connectivity index (χ3v) is 4.61. The van der Waals surface area contributed by atoms with Crippen molar-refractivity contribution in [2.75, 3.05) is 33.3 Å². The van der Waals surface area contributed by atoms with Crippen molar-refractivity contribution in [2.45, 2.75) is 40.5 Å². The molecule has 5 nitrogen and oxygen atoms in total. The first kappa shape index (κ1) is 19.3. The Balaban J connectivity index is 2.15. The number of benzene rings is 1. The maximum atomic E-state index is 13.0. The predicted octanol–water partition coefficient (Wildman–Crippen LogP) is 2.98. The third-order valence-electron chi connectivity index (χ3n) is 4.61. The van der Waals surface area contributed by atoms with Gasteiger partial charge in [0.2, 0.25) is 5.91 Å². The number of carbonyl (C=O) groups is 2. The average Bonchev–Trinajstić information content (AvgIpc) is 2.85. The quantitative estimate of drug-likeness (QED) is 0.845. The molecule has 1 fully saturated rings. The van der Waals surface area contributed by atoms with E-state index in [1.165, 1.54) is 0 Å². The second-order valence-electron chi connectivity index (χ2n) is 7.58. The maximum absolute atomic E-state index is 13.0. The molecule has 138 valence electrons. The minimum absolute atomic E-state index is 0.0165. The molecule has 5 heteroatoms. The lowest BCUT2D eigenvalue weighted by atomic mass is 9.94. The number of carbonyl (C=O) groups excluding carboxylic acids is 2. The van der Waals surface area contributed by atoms with Crippen molar-refractivity contribution in [3.05, 3.63) is 29.3 Å². The summed E-state index contributed by atoms with van der Waals surface area (Å²) in [6, 6.07) is 5.77. The third kappa shape index (κ3) is 4.53. The molecule has 25 heavy (non-hydrogen) atoms. The van der Waals surface area contributed by atoms with Crippen LogP contribution in [0, 0.1) is 5.41 Å². The van der Waals surface area contributed by atoms with Crippen molar-refractivity contribution in [1.82, 2.24) is 9.80 Å². The number of rotatable bonds is 3. The Morgan fingerprint density at radius 1 is 1.08 bits per heavy atom. The van der Waals surface area contributed by atoms with Crippen LogP contribution in [0.5, 0.6) is 5.75 Å². The van der Waals surface area contributed by atoms with E-state index in [9.17, 15) is 9.59 Å². The van der Waals surface area contributed by atoms with Crippen LogP contribution in [-0.4, -0.2) is 54.9 Å². The van der Waals surface area contributed by atoms with Crippen LogP contribution in [0.1, 0.15) is 50.0 Å². The molecule has 0 atom stereocenters. The fourth-order valence-corrected chi connectivity index (χ4v) is 3.11. The minimum Gasteiger partial charge on any atom is -0.496 e. The van der Waals surface area contributed by atoms with Gasteiger partial charge >= 0.3 is 0 Å². The van der Waals surface area contributed by atoms with Crippen molar-refractivity contribution in [2.24, 2.45) is 5.41 Å². The van der Waals surface area contributed by atoms with Gasteiger partial charge in [0.05, 0.1) is 12.7 Å². The van der Waals surface area contributed by atoms with E-state index < -0.39 is 5.41 Å². The topological polar surface area (TPSA) is 49.9 Å². The zero-order chi connectivity index (χ0) is 18.6. The molecule has 1 aliphatic heterocycles. The Hall–Kier alpha value is -2.04. The summed E-state index contributed by atoms with van der Waals surface area (Å²) in [5.74, 6) is 0.735. The molecule has 1 saturated heterocycles. The van der Waals surface area contributed by atoms with Crippen LogP contribution in [0.3, 0.4) is 0 Å². The van der Waals surface area contributed by atoms with Gasteiger partial charge in [-0.3, -0.25) is 9.59 Å². The van der Waals surface area contributed by atoms with Crippen molar-refractivity contribution >= 4 is 11.8 Å². The summed E-state index contributed by atoms with van der Waals surface area (Å²) in [7, 11) is 1.59. The van der Waals surface area contributed by atoms with Gasteiger partial charge in [-0.2, -0.15) is 0 Å². The second kappa shape index (κ2) is 7.89. The summed E-state index contributed by atoms with van der Waals surface area (Å²) < 4.78 is 5.38. The predicted molar refractivity (Wildman–Crippen MR) is 98.9 cm³/mol. The van der Waals surface area contributed by atoms with Crippen LogP contribution < -0.4 is 4.74 Å². The molecule has 2 rings (SSSR count). The highest BCUT2D eigenvalue weighted by Crippen LogP contribution is 2.24. The number of hydrogen-bond acceptors (Lipinski definition) is 3. The molecule has 0 radical (unpaired) electrons. The number of amides is 2. The lowest BCUT2D eigenvalue weighted by Crippen LogP contribution is -2.42. The molecule has 0 unspecified atom stereocenters. The molecule has 0 aliphatic carbocycles. The molecular weight excluding hydrogens is 316 g/mol. The Morgan fingerprint density at radius 3 is 2.32 bits per heavy atom. The van der Waals surface area contributed by atoms with E-state index in [1.807, 2.05) is 48.8 Å². The van der Waals surface area contributed by atoms with Crippen molar-refractivity contribution in [3.8, 4) is 5.75 Å². The zero-order valence-corrected chi connectivity index (χ0v) is 16.1. The van der Waals surface area contributed by atoms with E-state index in [2.05, 4.69) is 6.92 Å². The summed E-state index contributed by atoms with van der Waals surface area (Å²) in [5.41, 5.74) is 1.33. The number of aryl methyl sites for hydroxylation is 1. The molecule has 0 spiro atoms. The van der Waals surface area contributed by atoms with Gasteiger partial charge in [0, 0.05) is 31.6 Å². The fraction of sp³-hybridized carbons (Fsp3) is 0.600. The Kier molecular flexibility index (Phi) is 6.09. The monoisotopic (exact) mass is 346 g/mol. The molecule has 1 aliphatic rings. The summed E-state index contributed by atoms with van der Waals surface area (Å²) in [6.07, 6.45) is 1.67. The van der Waals surface area contributed by atoms with Gasteiger partial charge < -0.3 is 14.5 Å². The van der Waals surface area contributed by atoms with Crippen molar-refractivity contribution in [3.63, 3.8) is 0 Å². The highest BCUT2D eigenvalue weighted by atomic mass is 16.5. The Morgan fingerprint density at radius 2 is 1.72 bits per heavy atom. The van der Waals surface area contributed by atoms with E-state index in [4.69, 9.17) is 4.74 Å². The smallest absolute Gasteiger partial charge is 0.257 e. The lowest BCUT2D eigenvalue weighted by molar-refractivity contribution is -0.139. The van der Waals surface area contributed by atoms with Crippen molar-refractivity contribution in [1.29, 1.82) is 0 Å². The molecule has 1 aromatic rings. The highest BCUT2D eigenvalue weighted by molar-refractivity contribution is 5.97. The molecule has 1 aromatic carbocycles. The first-order valence-electron chi connectivity index (χ1n) is 9.03. The summed E-state index contributed by atoms with van der Waals surface area (Å²) >= 11 is 0. The van der Waals surface area contributed by atoms with E-state index >= 15 is 0 Å². The van der Waals surface area contributed by atoms with Crippen LogP contribution in [-0.2, 0) is 11.2 Å². The highest BCUT2D eigenvalue weighted by Gasteiger charge is 2.30. The van der Waals surface area contributed by atoms with Gasteiger partial charge in [-0.1, -0.05) is 33.8 Å². The molecule has 0 bridgehead atoms. The maximum Gasteiger partial charge on any atom is 0.257 e. The molecule has 0 saturated carbocycles. The van der Waals surface area contributed by atoms with E-state index in [-0.39, 0.29) is 11.8 Å². The molecule has 1 heterocycles. The van der Waals surface area contributed by atoms with Gasteiger partial charge in [0.15, 0.2) is 0 Å². The SMILES string of the molecule is CCc1ccc(OC)c(C(=O)N2CCCN(C(=O)C(C)(C)C)CC2)c1. The van der Waals surface area contributed by atoms with Gasteiger partial charge in [-0.15, -0.1) is 0 Å². The second-order valence-corrected chi connectivity index (χ2v) is 7.58. The van der Waals surface area contributed by atoms with Gasteiger partial charge in [-0.25, -0.2) is 0 Å². The average molecular weight is 346 g/mol. The largest absolute Gasteiger partial charge is 0.496 e. The standard InChI is InChI=1S/C20H30N2O3/c1-6-15-8-9-17(25-5)16(14-15)18(23)21-10-7-11-22(13-12-21)19(24)20(2,3)4/h8-9,14H,6-7,10-13H2,1-5H3. The lowest BCUT2D eigenvalue weighted by Gasteiger charge is -2.28. The first-order chi connectivity index (χ1) is 11.8. The number of hydrogen-bond donors (Lipinski definition) is 0. The summed E-state index contributed by atoms with van der Waals surface area (Å²) in [5, 5.41) is 0. The number of ether oxygens (including phenoxy) is 1. The minimum atomic E-state index is -0.391.